The number of imidazole rings is 2. The molecule has 164 valence electrons. The lowest BCUT2D eigenvalue weighted by Crippen LogP contribution is -2.31. The number of hydrogen-bond donors (Lipinski definition) is 4. The number of aryl methyl sites for hydroxylation is 1. The number of anilines is 2. The van der Waals surface area contributed by atoms with Crippen LogP contribution >= 0.6 is 0 Å². The van der Waals surface area contributed by atoms with Gasteiger partial charge in [0, 0.05) is 36.3 Å². The van der Waals surface area contributed by atoms with Crippen LogP contribution in [-0.2, 0) is 6.54 Å². The van der Waals surface area contributed by atoms with E-state index in [1.807, 2.05) is 16.9 Å². The van der Waals surface area contributed by atoms with Crippen molar-refractivity contribution >= 4 is 23.1 Å². The summed E-state index contributed by atoms with van der Waals surface area (Å²) >= 11 is 0. The van der Waals surface area contributed by atoms with E-state index in [9.17, 15) is 0 Å². The molecule has 4 aromatic heterocycles. The van der Waals surface area contributed by atoms with Crippen LogP contribution in [0.5, 0.6) is 0 Å². The van der Waals surface area contributed by atoms with Crippen molar-refractivity contribution in [2.75, 3.05) is 30.3 Å². The molecule has 5 heterocycles. The molecule has 0 atom stereocenters. The summed E-state index contributed by atoms with van der Waals surface area (Å²) in [6.07, 6.45) is 8.36. The summed E-state index contributed by atoms with van der Waals surface area (Å²) in [5.74, 6) is 3.71. The lowest BCUT2D eigenvalue weighted by atomic mass is 9.98. The molecular formula is C22H31N9. The molecule has 0 spiro atoms. The van der Waals surface area contributed by atoms with Crippen LogP contribution in [0.4, 0.5) is 11.6 Å². The van der Waals surface area contributed by atoms with Crippen LogP contribution in [0.1, 0.15) is 49.6 Å². The van der Waals surface area contributed by atoms with E-state index in [2.05, 4.69) is 68.5 Å². The number of nitrogens with one attached hydrogen (secondary N) is 4. The predicted octanol–water partition coefficient (Wildman–Crippen LogP) is 3.16. The average molecular weight is 422 g/mol. The first-order valence-corrected chi connectivity index (χ1v) is 11.2. The Morgan fingerprint density at radius 3 is 2.81 bits per heavy atom. The van der Waals surface area contributed by atoms with E-state index < -0.39 is 0 Å². The van der Waals surface area contributed by atoms with Gasteiger partial charge in [-0.1, -0.05) is 13.8 Å². The second kappa shape index (κ2) is 8.22. The number of hydrogen-bond acceptors (Lipinski definition) is 6. The van der Waals surface area contributed by atoms with Crippen molar-refractivity contribution in [2.45, 2.75) is 46.1 Å². The fourth-order valence-electron chi connectivity index (χ4n) is 4.24. The largest absolute Gasteiger partial charge is 0.370 e. The van der Waals surface area contributed by atoms with Crippen LogP contribution in [0.3, 0.4) is 0 Å². The molecule has 31 heavy (non-hydrogen) atoms. The second-order valence-electron chi connectivity index (χ2n) is 8.80. The molecule has 1 saturated heterocycles. The van der Waals surface area contributed by atoms with Crippen molar-refractivity contribution in [1.29, 1.82) is 0 Å². The number of piperidine rings is 1. The first-order chi connectivity index (χ1) is 15.1. The number of rotatable bonds is 7. The third-order valence-electron chi connectivity index (χ3n) is 6.15. The predicted molar refractivity (Wildman–Crippen MR) is 123 cm³/mol. The molecule has 4 aromatic rings. The maximum absolute atomic E-state index is 4.90. The Bertz CT molecular complexity index is 1180. The van der Waals surface area contributed by atoms with Gasteiger partial charge in [0.25, 0.3) is 0 Å². The highest BCUT2D eigenvalue weighted by atomic mass is 15.3. The van der Waals surface area contributed by atoms with Gasteiger partial charge in [-0.05, 0) is 44.7 Å². The minimum atomic E-state index is 0.356. The van der Waals surface area contributed by atoms with Crippen LogP contribution < -0.4 is 16.0 Å². The molecule has 1 fully saturated rings. The molecule has 0 saturated carbocycles. The zero-order valence-corrected chi connectivity index (χ0v) is 18.4. The Balaban J connectivity index is 1.40. The lowest BCUT2D eigenvalue weighted by molar-refractivity contribution is 0.389. The molecule has 5 rings (SSSR count). The Hall–Kier alpha value is -3.07. The average Bonchev–Trinajstić information content (AvgIpc) is 3.47. The monoisotopic (exact) mass is 421 g/mol. The number of fused-ring (bicyclic) bond motifs is 2. The lowest BCUT2D eigenvalue weighted by Gasteiger charge is -2.23. The summed E-state index contributed by atoms with van der Waals surface area (Å²) in [6, 6.07) is 2.05. The van der Waals surface area contributed by atoms with Crippen molar-refractivity contribution in [1.82, 2.24) is 34.3 Å². The van der Waals surface area contributed by atoms with Gasteiger partial charge in [0.2, 0.25) is 5.78 Å². The van der Waals surface area contributed by atoms with Gasteiger partial charge < -0.3 is 20.9 Å². The first kappa shape index (κ1) is 19.9. The summed E-state index contributed by atoms with van der Waals surface area (Å²) in [5.41, 5.74) is 4.17. The highest BCUT2D eigenvalue weighted by Gasteiger charge is 2.16. The standard InChI is InChI=1S/C22H31N9/c1-14(2)18-12-27-31-20(25-11-17-13-30-15(3)9-26-22(30)28-17)8-19(29-21(18)31)24-10-16-4-6-23-7-5-16/h8-9,12-14,16,23,25H,4-7,10-11H2,1-3H3,(H,24,29)(H,26,28). The molecule has 4 N–H and O–H groups in total. The van der Waals surface area contributed by atoms with E-state index in [1.165, 1.54) is 12.8 Å². The maximum Gasteiger partial charge on any atom is 0.211 e. The number of aromatic nitrogens is 6. The molecule has 0 bridgehead atoms. The SMILES string of the molecule is Cc1c[nH]c2nc(CNc3cc(NCC4CCNCC4)nc4c(C(C)C)cnn34)cn12. The van der Waals surface area contributed by atoms with Crippen molar-refractivity contribution in [3.8, 4) is 0 Å². The van der Waals surface area contributed by atoms with E-state index in [0.717, 1.165) is 59.6 Å². The Morgan fingerprint density at radius 2 is 2.03 bits per heavy atom. The number of nitrogens with zero attached hydrogens (tertiary/aromatic N) is 5. The van der Waals surface area contributed by atoms with Gasteiger partial charge >= 0.3 is 0 Å². The summed E-state index contributed by atoms with van der Waals surface area (Å²) < 4.78 is 3.97. The van der Waals surface area contributed by atoms with Gasteiger partial charge in [-0.25, -0.2) is 9.97 Å². The maximum atomic E-state index is 4.90. The fourth-order valence-corrected chi connectivity index (χ4v) is 4.24. The summed E-state index contributed by atoms with van der Waals surface area (Å²) in [7, 11) is 0. The van der Waals surface area contributed by atoms with E-state index in [4.69, 9.17) is 4.98 Å². The van der Waals surface area contributed by atoms with Gasteiger partial charge in [-0.2, -0.15) is 9.61 Å². The van der Waals surface area contributed by atoms with E-state index >= 15 is 0 Å². The highest BCUT2D eigenvalue weighted by Crippen LogP contribution is 2.25. The van der Waals surface area contributed by atoms with Crippen molar-refractivity contribution in [3.05, 3.63) is 41.6 Å². The minimum absolute atomic E-state index is 0.356. The molecule has 1 aliphatic rings. The summed E-state index contributed by atoms with van der Waals surface area (Å²) in [6.45, 7) is 10.2. The molecule has 0 radical (unpaired) electrons. The van der Waals surface area contributed by atoms with Gasteiger partial charge in [0.05, 0.1) is 18.4 Å². The van der Waals surface area contributed by atoms with Gasteiger partial charge in [0.1, 0.15) is 11.6 Å². The highest BCUT2D eigenvalue weighted by molar-refractivity contribution is 5.61. The minimum Gasteiger partial charge on any atom is -0.370 e. The molecular weight excluding hydrogens is 390 g/mol. The van der Waals surface area contributed by atoms with Gasteiger partial charge in [-0.3, -0.25) is 4.40 Å². The topological polar surface area (TPSA) is 99.4 Å². The third-order valence-corrected chi connectivity index (χ3v) is 6.15. The number of aromatic amines is 1. The van der Waals surface area contributed by atoms with E-state index in [-0.39, 0.29) is 0 Å². The third kappa shape index (κ3) is 3.97. The van der Waals surface area contributed by atoms with Gasteiger partial charge in [0.15, 0.2) is 5.65 Å². The molecule has 9 nitrogen and oxygen atoms in total. The number of H-pyrrole nitrogens is 1. The summed E-state index contributed by atoms with van der Waals surface area (Å²) in [5, 5.41) is 15.2. The quantitative estimate of drug-likeness (QED) is 0.366. The normalized spacial score (nSPS) is 15.4. The van der Waals surface area contributed by atoms with Crippen LogP contribution in [0.15, 0.2) is 24.7 Å². The smallest absolute Gasteiger partial charge is 0.211 e. The Labute approximate surface area is 181 Å². The van der Waals surface area contributed by atoms with E-state index in [0.29, 0.717) is 18.4 Å². The Morgan fingerprint density at radius 1 is 1.19 bits per heavy atom. The van der Waals surface area contributed by atoms with Crippen LogP contribution in [0, 0.1) is 12.8 Å². The second-order valence-corrected chi connectivity index (χ2v) is 8.80. The van der Waals surface area contributed by atoms with Crippen molar-refractivity contribution in [3.63, 3.8) is 0 Å². The molecule has 0 aromatic carbocycles. The zero-order valence-electron chi connectivity index (χ0n) is 18.4. The fraction of sp³-hybridized carbons (Fsp3) is 0.500. The van der Waals surface area contributed by atoms with Crippen LogP contribution in [0.25, 0.3) is 11.4 Å². The summed E-state index contributed by atoms with van der Waals surface area (Å²) in [4.78, 5) is 12.8. The molecule has 0 unspecified atom stereocenters. The van der Waals surface area contributed by atoms with Crippen LogP contribution in [-0.4, -0.2) is 48.6 Å². The Kier molecular flexibility index (Phi) is 5.27. The first-order valence-electron chi connectivity index (χ1n) is 11.2. The molecule has 1 aliphatic heterocycles. The van der Waals surface area contributed by atoms with Crippen LogP contribution in [0.2, 0.25) is 0 Å². The van der Waals surface area contributed by atoms with E-state index in [1.54, 1.807) is 0 Å². The van der Waals surface area contributed by atoms with Crippen molar-refractivity contribution in [2.24, 2.45) is 5.92 Å². The van der Waals surface area contributed by atoms with Gasteiger partial charge in [-0.15, -0.1) is 0 Å². The molecule has 0 aliphatic carbocycles. The molecule has 9 heteroatoms. The molecule has 0 amide bonds. The van der Waals surface area contributed by atoms with Crippen molar-refractivity contribution < 1.29 is 0 Å². The zero-order chi connectivity index (χ0) is 21.4.